The third kappa shape index (κ3) is 4.28. The van der Waals surface area contributed by atoms with Crippen LogP contribution in [-0.4, -0.2) is 18.5 Å². The summed E-state index contributed by atoms with van der Waals surface area (Å²) in [5.41, 5.74) is 1.88. The lowest BCUT2D eigenvalue weighted by molar-refractivity contribution is 0.174. The number of ether oxygens (including phenoxy) is 2. The predicted octanol–water partition coefficient (Wildman–Crippen LogP) is 4.56. The van der Waals surface area contributed by atoms with Gasteiger partial charge in [-0.2, -0.15) is 0 Å². The maximum Gasteiger partial charge on any atom is 0.231 e. The molecule has 0 saturated heterocycles. The van der Waals surface area contributed by atoms with Crippen molar-refractivity contribution in [2.24, 2.45) is 10.9 Å². The largest absolute Gasteiger partial charge is 0.454 e. The van der Waals surface area contributed by atoms with Crippen molar-refractivity contribution in [3.05, 3.63) is 23.3 Å². The monoisotopic (exact) mass is 311 g/mol. The van der Waals surface area contributed by atoms with Crippen LogP contribution in [0.3, 0.4) is 0 Å². The fourth-order valence-electron chi connectivity index (χ4n) is 2.86. The molecule has 1 aromatic rings. The first kappa shape index (κ1) is 15.9. The lowest BCUT2D eigenvalue weighted by Gasteiger charge is -2.15. The van der Waals surface area contributed by atoms with E-state index >= 15 is 0 Å². The highest BCUT2D eigenvalue weighted by molar-refractivity contribution is 5.85. The van der Waals surface area contributed by atoms with Crippen LogP contribution in [0, 0.1) is 17.8 Å². The van der Waals surface area contributed by atoms with Gasteiger partial charge in [0, 0.05) is 29.3 Å². The van der Waals surface area contributed by atoms with E-state index in [0.717, 1.165) is 22.6 Å². The first-order valence-electron chi connectivity index (χ1n) is 8.52. The van der Waals surface area contributed by atoms with E-state index < -0.39 is 0 Å². The number of hydrogen-bond acceptors (Lipinski definition) is 3. The average Bonchev–Trinajstić information content (AvgIpc) is 2.98. The summed E-state index contributed by atoms with van der Waals surface area (Å²) in [7, 11) is 0. The summed E-state index contributed by atoms with van der Waals surface area (Å²) in [4.78, 5) is 4.62. The van der Waals surface area contributed by atoms with Gasteiger partial charge in [0.25, 0.3) is 0 Å². The molecule has 23 heavy (non-hydrogen) atoms. The molecule has 0 unspecified atom stereocenters. The summed E-state index contributed by atoms with van der Waals surface area (Å²) < 4.78 is 11.0. The summed E-state index contributed by atoms with van der Waals surface area (Å²) in [5, 5.41) is 0. The lowest BCUT2D eigenvalue weighted by atomic mass is 9.89. The quantitative estimate of drug-likeness (QED) is 0.562. The second-order valence-corrected chi connectivity index (χ2v) is 7.33. The molecule has 0 amide bonds. The van der Waals surface area contributed by atoms with E-state index in [4.69, 9.17) is 9.47 Å². The maximum atomic E-state index is 5.50. The van der Waals surface area contributed by atoms with E-state index in [0.29, 0.717) is 5.92 Å². The number of aliphatic imine (C=N–C) groups is 1. The Labute approximate surface area is 139 Å². The Kier molecular flexibility index (Phi) is 4.61. The van der Waals surface area contributed by atoms with Crippen molar-refractivity contribution in [2.75, 3.05) is 6.79 Å². The minimum absolute atomic E-state index is 0.107. The van der Waals surface area contributed by atoms with E-state index in [9.17, 15) is 0 Å². The summed E-state index contributed by atoms with van der Waals surface area (Å²) in [6.45, 7) is 6.54. The first-order chi connectivity index (χ1) is 11.0. The van der Waals surface area contributed by atoms with Crippen molar-refractivity contribution in [1.82, 2.24) is 0 Å². The minimum atomic E-state index is -0.107. The molecule has 1 aromatic carbocycles. The topological polar surface area (TPSA) is 30.8 Å². The van der Waals surface area contributed by atoms with Gasteiger partial charge >= 0.3 is 0 Å². The van der Waals surface area contributed by atoms with Crippen molar-refractivity contribution in [3.8, 4) is 23.3 Å². The van der Waals surface area contributed by atoms with Gasteiger partial charge in [0.2, 0.25) is 6.79 Å². The van der Waals surface area contributed by atoms with Crippen molar-refractivity contribution in [3.63, 3.8) is 0 Å². The number of fused-ring (bicyclic) bond motifs is 1. The highest BCUT2D eigenvalue weighted by Crippen LogP contribution is 2.34. The molecule has 1 aliphatic carbocycles. The molecule has 3 nitrogen and oxygen atoms in total. The Morgan fingerprint density at radius 1 is 1.09 bits per heavy atom. The fourth-order valence-corrected chi connectivity index (χ4v) is 2.86. The van der Waals surface area contributed by atoms with Crippen LogP contribution in [-0.2, 0) is 0 Å². The molecule has 0 aromatic heterocycles. The van der Waals surface area contributed by atoms with Crippen LogP contribution in [0.15, 0.2) is 17.1 Å². The molecule has 122 valence electrons. The summed E-state index contributed by atoms with van der Waals surface area (Å²) in [6.07, 6.45) is 8.32. The van der Waals surface area contributed by atoms with Gasteiger partial charge in [0.15, 0.2) is 11.5 Å². The molecular weight excluding hydrogens is 286 g/mol. The molecule has 3 rings (SSSR count). The van der Waals surface area contributed by atoms with Crippen LogP contribution in [0.2, 0.25) is 0 Å². The van der Waals surface area contributed by atoms with Crippen LogP contribution in [0.5, 0.6) is 11.5 Å². The average molecular weight is 311 g/mol. The van der Waals surface area contributed by atoms with Gasteiger partial charge in [-0.1, -0.05) is 31.1 Å². The zero-order valence-electron chi connectivity index (χ0n) is 14.3. The molecule has 1 saturated carbocycles. The molecule has 2 aliphatic rings. The number of nitrogens with zero attached hydrogens (tertiary/aromatic N) is 1. The van der Waals surface area contributed by atoms with E-state index in [1.54, 1.807) is 0 Å². The van der Waals surface area contributed by atoms with Gasteiger partial charge in [-0.15, -0.1) is 0 Å². The van der Waals surface area contributed by atoms with Gasteiger partial charge in [0.05, 0.1) is 5.54 Å². The molecule has 1 aliphatic heterocycles. The molecule has 0 radical (unpaired) electrons. The summed E-state index contributed by atoms with van der Waals surface area (Å²) >= 11 is 0. The van der Waals surface area contributed by atoms with E-state index in [1.165, 1.54) is 32.1 Å². The van der Waals surface area contributed by atoms with Crippen LogP contribution in [0.4, 0.5) is 0 Å². The summed E-state index contributed by atoms with van der Waals surface area (Å²) in [5.74, 6) is 8.92. The molecule has 1 heterocycles. The SMILES string of the molecule is CC(C)(C)N=Cc1cc2c(cc1C#CC1CCCCC1)OCO2. The number of rotatable bonds is 1. The van der Waals surface area contributed by atoms with Crippen LogP contribution < -0.4 is 9.47 Å². The Bertz CT molecular complexity index is 653. The Morgan fingerprint density at radius 3 is 2.48 bits per heavy atom. The third-order valence-corrected chi connectivity index (χ3v) is 4.15. The predicted molar refractivity (Wildman–Crippen MR) is 93.4 cm³/mol. The molecular formula is C20H25NO2. The minimum Gasteiger partial charge on any atom is -0.454 e. The third-order valence-electron chi connectivity index (χ3n) is 4.15. The smallest absolute Gasteiger partial charge is 0.231 e. The second-order valence-electron chi connectivity index (χ2n) is 7.33. The molecule has 0 N–H and O–H groups in total. The summed E-state index contributed by atoms with van der Waals surface area (Å²) in [6, 6.07) is 3.98. The number of benzene rings is 1. The standard InChI is InChI=1S/C20H25NO2/c1-20(2,3)21-13-17-12-19-18(22-14-23-19)11-16(17)10-9-15-7-5-4-6-8-15/h11-13,15H,4-8,14H2,1-3H3. The second kappa shape index (κ2) is 6.66. The van der Waals surface area contributed by atoms with Gasteiger partial charge in [-0.25, -0.2) is 0 Å². The zero-order valence-corrected chi connectivity index (χ0v) is 14.3. The Morgan fingerprint density at radius 2 is 1.78 bits per heavy atom. The highest BCUT2D eigenvalue weighted by atomic mass is 16.7. The van der Waals surface area contributed by atoms with Crippen LogP contribution >= 0.6 is 0 Å². The van der Waals surface area contributed by atoms with E-state index in [-0.39, 0.29) is 12.3 Å². The molecule has 0 spiro atoms. The van der Waals surface area contributed by atoms with E-state index in [1.807, 2.05) is 18.3 Å². The first-order valence-corrected chi connectivity index (χ1v) is 8.52. The molecule has 1 fully saturated rings. The normalized spacial score (nSPS) is 18.0. The van der Waals surface area contributed by atoms with Crippen LogP contribution in [0.25, 0.3) is 0 Å². The van der Waals surface area contributed by atoms with Gasteiger partial charge in [0.1, 0.15) is 0 Å². The maximum absolute atomic E-state index is 5.50. The van der Waals surface area contributed by atoms with Crippen LogP contribution in [0.1, 0.15) is 64.0 Å². The zero-order chi connectivity index (χ0) is 16.3. The van der Waals surface area contributed by atoms with E-state index in [2.05, 4.69) is 37.6 Å². The van der Waals surface area contributed by atoms with Gasteiger partial charge < -0.3 is 9.47 Å². The van der Waals surface area contributed by atoms with Gasteiger partial charge in [-0.05, 0) is 39.7 Å². The van der Waals surface area contributed by atoms with Crippen molar-refractivity contribution < 1.29 is 9.47 Å². The van der Waals surface area contributed by atoms with Gasteiger partial charge in [-0.3, -0.25) is 4.99 Å². The van der Waals surface area contributed by atoms with Crippen molar-refractivity contribution in [1.29, 1.82) is 0 Å². The fraction of sp³-hybridized carbons (Fsp3) is 0.550. The lowest BCUT2D eigenvalue weighted by Crippen LogP contribution is -2.10. The molecule has 0 bridgehead atoms. The van der Waals surface area contributed by atoms with Crippen molar-refractivity contribution in [2.45, 2.75) is 58.4 Å². The van der Waals surface area contributed by atoms with Crippen molar-refractivity contribution >= 4 is 6.21 Å². The Hall–Kier alpha value is -1.95. The highest BCUT2D eigenvalue weighted by Gasteiger charge is 2.17. The molecule has 3 heteroatoms. The number of hydrogen-bond donors (Lipinski definition) is 0. The Balaban J connectivity index is 1.90. The molecule has 0 atom stereocenters.